The monoisotopic (exact) mass is 414 g/mol. The molecule has 1 unspecified atom stereocenters. The van der Waals surface area contributed by atoms with Gasteiger partial charge in [-0.05, 0) is 24.5 Å². The number of hydrogen-bond donors (Lipinski definition) is 3. The molecule has 2 aromatic rings. The number of alkyl carbamates (subject to hydrolysis) is 1. The molecule has 0 saturated heterocycles. The van der Waals surface area contributed by atoms with Crippen molar-refractivity contribution in [3.8, 4) is 5.75 Å². The Morgan fingerprint density at radius 2 is 2.07 bits per heavy atom. The molecule has 0 radical (unpaired) electrons. The van der Waals surface area contributed by atoms with E-state index in [0.29, 0.717) is 19.4 Å². The number of benzene rings is 2. The van der Waals surface area contributed by atoms with Crippen LogP contribution in [-0.2, 0) is 11.3 Å². The van der Waals surface area contributed by atoms with E-state index in [1.165, 1.54) is 6.07 Å². The molecule has 10 heteroatoms. The van der Waals surface area contributed by atoms with E-state index in [0.717, 1.165) is 11.6 Å². The molecule has 1 aliphatic heterocycles. The van der Waals surface area contributed by atoms with E-state index in [-0.39, 0.29) is 41.9 Å². The summed E-state index contributed by atoms with van der Waals surface area (Å²) in [6.45, 7) is 0.852. The van der Waals surface area contributed by atoms with Gasteiger partial charge < -0.3 is 25.8 Å². The number of ether oxygens (including phenoxy) is 2. The minimum Gasteiger partial charge on any atom is -0.489 e. The number of fused-ring (bicyclic) bond motifs is 1. The van der Waals surface area contributed by atoms with E-state index >= 15 is 0 Å². The fourth-order valence-corrected chi connectivity index (χ4v) is 3.05. The number of nitrogens with two attached hydrogens (primary N) is 1. The third-order valence-electron chi connectivity index (χ3n) is 4.56. The molecule has 0 bridgehead atoms. The van der Waals surface area contributed by atoms with Gasteiger partial charge in [0, 0.05) is 18.2 Å². The highest BCUT2D eigenvalue weighted by Gasteiger charge is 2.28. The molecule has 1 atom stereocenters. The molecule has 0 spiro atoms. The van der Waals surface area contributed by atoms with Crippen molar-refractivity contribution in [2.24, 2.45) is 5.73 Å². The van der Waals surface area contributed by atoms with Crippen LogP contribution in [0.1, 0.15) is 28.8 Å². The second-order valence-electron chi connectivity index (χ2n) is 6.77. The van der Waals surface area contributed by atoms with E-state index in [4.69, 9.17) is 15.2 Å². The maximum atomic E-state index is 11.8. The van der Waals surface area contributed by atoms with E-state index in [2.05, 4.69) is 10.6 Å². The molecule has 10 nitrogen and oxygen atoms in total. The first-order valence-corrected chi connectivity index (χ1v) is 9.40. The SMILES string of the molecule is NC(=O)c1cc2c(c([N+](=O)[O-])c1)NC(CCCNC(=O)OCc1ccccc1)CO2. The van der Waals surface area contributed by atoms with Crippen LogP contribution in [0.15, 0.2) is 42.5 Å². The minimum atomic E-state index is -0.767. The molecular formula is C20H22N4O6. The van der Waals surface area contributed by atoms with Gasteiger partial charge in [0.15, 0.2) is 5.69 Å². The fraction of sp³-hybridized carbons (Fsp3) is 0.300. The number of nitrogens with zero attached hydrogens (tertiary/aromatic N) is 1. The number of nitro benzene ring substituents is 1. The largest absolute Gasteiger partial charge is 0.489 e. The number of rotatable bonds is 8. The van der Waals surface area contributed by atoms with Crippen LogP contribution in [0.5, 0.6) is 5.75 Å². The van der Waals surface area contributed by atoms with E-state index in [9.17, 15) is 19.7 Å². The van der Waals surface area contributed by atoms with Gasteiger partial charge in [0.25, 0.3) is 5.69 Å². The summed E-state index contributed by atoms with van der Waals surface area (Å²) in [4.78, 5) is 33.9. The quantitative estimate of drug-likeness (QED) is 0.342. The molecule has 0 aliphatic carbocycles. The van der Waals surface area contributed by atoms with E-state index in [1.807, 2.05) is 30.3 Å². The average molecular weight is 414 g/mol. The summed E-state index contributed by atoms with van der Waals surface area (Å²) in [5, 5.41) is 17.1. The smallest absolute Gasteiger partial charge is 0.407 e. The molecule has 0 fully saturated rings. The van der Waals surface area contributed by atoms with Gasteiger partial charge in [-0.3, -0.25) is 14.9 Å². The minimum absolute atomic E-state index is 0.0129. The average Bonchev–Trinajstić information content (AvgIpc) is 2.75. The van der Waals surface area contributed by atoms with Crippen molar-refractivity contribution in [2.75, 3.05) is 18.5 Å². The van der Waals surface area contributed by atoms with Crippen molar-refractivity contribution in [1.29, 1.82) is 0 Å². The number of amides is 2. The highest BCUT2D eigenvalue weighted by Crippen LogP contribution is 2.39. The third kappa shape index (κ3) is 5.37. The van der Waals surface area contributed by atoms with Crippen molar-refractivity contribution in [3.05, 3.63) is 63.7 Å². The van der Waals surface area contributed by atoms with Crippen molar-refractivity contribution >= 4 is 23.4 Å². The molecule has 158 valence electrons. The molecule has 2 amide bonds. The van der Waals surface area contributed by atoms with Gasteiger partial charge >= 0.3 is 6.09 Å². The van der Waals surface area contributed by atoms with Crippen LogP contribution >= 0.6 is 0 Å². The van der Waals surface area contributed by atoms with E-state index < -0.39 is 16.9 Å². The first-order valence-electron chi connectivity index (χ1n) is 9.40. The molecule has 0 aromatic heterocycles. The number of primary amides is 1. The second kappa shape index (κ2) is 9.59. The lowest BCUT2D eigenvalue weighted by Crippen LogP contribution is -2.33. The van der Waals surface area contributed by atoms with Gasteiger partial charge in [0.1, 0.15) is 19.0 Å². The van der Waals surface area contributed by atoms with Gasteiger partial charge in [0.2, 0.25) is 5.91 Å². The van der Waals surface area contributed by atoms with Gasteiger partial charge in [-0.25, -0.2) is 4.79 Å². The molecule has 2 aromatic carbocycles. The number of carbonyl (C=O) groups excluding carboxylic acids is 2. The molecule has 4 N–H and O–H groups in total. The normalized spacial score (nSPS) is 14.6. The highest BCUT2D eigenvalue weighted by atomic mass is 16.6. The zero-order valence-corrected chi connectivity index (χ0v) is 16.1. The first kappa shape index (κ1) is 20.9. The van der Waals surface area contributed by atoms with Gasteiger partial charge in [-0.2, -0.15) is 0 Å². The zero-order chi connectivity index (χ0) is 21.5. The van der Waals surface area contributed by atoms with Crippen LogP contribution in [0, 0.1) is 10.1 Å². The summed E-state index contributed by atoms with van der Waals surface area (Å²) < 4.78 is 10.7. The fourth-order valence-electron chi connectivity index (χ4n) is 3.05. The Balaban J connectivity index is 1.46. The lowest BCUT2D eigenvalue weighted by atomic mass is 10.1. The Hall–Kier alpha value is -3.82. The summed E-state index contributed by atoms with van der Waals surface area (Å²) in [5.74, 6) is -0.547. The Morgan fingerprint density at radius 3 is 2.77 bits per heavy atom. The summed E-state index contributed by atoms with van der Waals surface area (Å²) >= 11 is 0. The number of anilines is 1. The number of nitrogens with one attached hydrogen (secondary N) is 2. The van der Waals surface area contributed by atoms with Crippen LogP contribution in [0.2, 0.25) is 0 Å². The zero-order valence-electron chi connectivity index (χ0n) is 16.1. The first-order chi connectivity index (χ1) is 14.4. The van der Waals surface area contributed by atoms with Crippen molar-refractivity contribution < 1.29 is 24.0 Å². The Kier molecular flexibility index (Phi) is 6.68. The maximum absolute atomic E-state index is 11.8. The lowest BCUT2D eigenvalue weighted by molar-refractivity contribution is -0.384. The Morgan fingerprint density at radius 1 is 1.30 bits per heavy atom. The number of nitro groups is 1. The van der Waals surface area contributed by atoms with Crippen molar-refractivity contribution in [2.45, 2.75) is 25.5 Å². The standard InChI is InChI=1S/C20H22N4O6/c21-19(25)14-9-16(24(27)28)18-17(10-14)29-12-15(23-18)7-4-8-22-20(26)30-11-13-5-2-1-3-6-13/h1-3,5-6,9-10,15,23H,4,7-8,11-12H2,(H2,21,25)(H,22,26). The number of carbonyl (C=O) groups is 2. The van der Waals surface area contributed by atoms with Gasteiger partial charge in [-0.15, -0.1) is 0 Å². The molecule has 0 saturated carbocycles. The van der Waals surface area contributed by atoms with Gasteiger partial charge in [-0.1, -0.05) is 30.3 Å². The maximum Gasteiger partial charge on any atom is 0.407 e. The molecule has 3 rings (SSSR count). The van der Waals surface area contributed by atoms with Crippen LogP contribution in [0.25, 0.3) is 0 Å². The molecule has 1 aliphatic rings. The predicted octanol–water partition coefficient (Wildman–Crippen LogP) is 2.57. The van der Waals surface area contributed by atoms with Crippen molar-refractivity contribution in [3.63, 3.8) is 0 Å². The molecule has 30 heavy (non-hydrogen) atoms. The topological polar surface area (TPSA) is 146 Å². The second-order valence-corrected chi connectivity index (χ2v) is 6.77. The summed E-state index contributed by atoms with van der Waals surface area (Å²) in [5.41, 5.74) is 6.08. The van der Waals surface area contributed by atoms with Crippen LogP contribution in [0.3, 0.4) is 0 Å². The molecular weight excluding hydrogens is 392 g/mol. The summed E-state index contributed by atoms with van der Waals surface area (Å²) in [7, 11) is 0. The Bertz CT molecular complexity index is 934. The van der Waals surface area contributed by atoms with E-state index in [1.54, 1.807) is 0 Å². The summed E-state index contributed by atoms with van der Waals surface area (Å²) in [6.07, 6.45) is 0.712. The third-order valence-corrected chi connectivity index (χ3v) is 4.56. The predicted molar refractivity (Wildman–Crippen MR) is 108 cm³/mol. The summed E-state index contributed by atoms with van der Waals surface area (Å²) in [6, 6.07) is 11.7. The van der Waals surface area contributed by atoms with Crippen LogP contribution in [0.4, 0.5) is 16.2 Å². The van der Waals surface area contributed by atoms with Gasteiger partial charge in [0.05, 0.1) is 11.0 Å². The molecule has 1 heterocycles. The van der Waals surface area contributed by atoms with Crippen molar-refractivity contribution in [1.82, 2.24) is 5.32 Å². The highest BCUT2D eigenvalue weighted by molar-refractivity contribution is 5.95. The lowest BCUT2D eigenvalue weighted by Gasteiger charge is -2.27. The Labute approximate surface area is 172 Å². The van der Waals surface area contributed by atoms with Crippen LogP contribution in [-0.4, -0.2) is 36.1 Å². The number of hydrogen-bond acceptors (Lipinski definition) is 7. The van der Waals surface area contributed by atoms with Crippen LogP contribution < -0.4 is 21.1 Å².